The van der Waals surface area contributed by atoms with Crippen LogP contribution in [-0.2, 0) is 4.79 Å². The molecular weight excluding hydrogens is 375 g/mol. The number of carbonyl (C=O) groups is 2. The average Bonchev–Trinajstić information content (AvgIpc) is 2.77. The van der Waals surface area contributed by atoms with Crippen LogP contribution in [0.3, 0.4) is 0 Å². The number of rotatable bonds is 4. The molecule has 0 saturated carbocycles. The Labute approximate surface area is 168 Å². The zero-order valence-corrected chi connectivity index (χ0v) is 16.0. The van der Waals surface area contributed by atoms with E-state index in [1.165, 1.54) is 24.3 Å². The van der Waals surface area contributed by atoms with Crippen LogP contribution in [0.15, 0.2) is 48.5 Å². The number of nitrogens with one attached hydrogen (secondary N) is 1. The lowest BCUT2D eigenvalue weighted by atomic mass is 9.95. The molecule has 1 saturated heterocycles. The summed E-state index contributed by atoms with van der Waals surface area (Å²) in [5, 5.41) is 2.95. The number of fused-ring (bicyclic) bond motifs is 1. The Morgan fingerprint density at radius 1 is 1.03 bits per heavy atom. The van der Waals surface area contributed by atoms with Crippen LogP contribution >= 0.6 is 0 Å². The standard InChI is InChI=1S/C22H23FN2O4/c23-17-7-5-16(6-8-17)22(27)25-11-9-15(10-12-25)21(26)24-13-18-14-28-19-3-1-2-4-20(19)29-18/h1-8,15,18H,9-14H2,(H,24,26). The van der Waals surface area contributed by atoms with Crippen molar-refractivity contribution in [1.29, 1.82) is 0 Å². The van der Waals surface area contributed by atoms with Gasteiger partial charge in [-0.15, -0.1) is 0 Å². The highest BCUT2D eigenvalue weighted by Gasteiger charge is 2.29. The van der Waals surface area contributed by atoms with Gasteiger partial charge < -0.3 is 19.7 Å². The molecule has 29 heavy (non-hydrogen) atoms. The van der Waals surface area contributed by atoms with Crippen LogP contribution in [0.1, 0.15) is 23.2 Å². The molecule has 2 heterocycles. The van der Waals surface area contributed by atoms with E-state index in [0.29, 0.717) is 56.1 Å². The third-order valence-electron chi connectivity index (χ3n) is 5.32. The molecule has 0 aliphatic carbocycles. The number of amides is 2. The highest BCUT2D eigenvalue weighted by molar-refractivity contribution is 5.94. The van der Waals surface area contributed by atoms with Gasteiger partial charge in [0.1, 0.15) is 18.5 Å². The monoisotopic (exact) mass is 398 g/mol. The fourth-order valence-corrected chi connectivity index (χ4v) is 3.64. The molecule has 6 nitrogen and oxygen atoms in total. The van der Waals surface area contributed by atoms with E-state index in [0.717, 1.165) is 0 Å². The van der Waals surface area contributed by atoms with Crippen molar-refractivity contribution in [1.82, 2.24) is 10.2 Å². The topological polar surface area (TPSA) is 67.9 Å². The second kappa shape index (κ2) is 8.51. The molecule has 0 aromatic heterocycles. The van der Waals surface area contributed by atoms with Crippen molar-refractivity contribution in [3.05, 3.63) is 59.9 Å². The summed E-state index contributed by atoms with van der Waals surface area (Å²) in [6.07, 6.45) is 0.974. The lowest BCUT2D eigenvalue weighted by molar-refractivity contribution is -0.126. The quantitative estimate of drug-likeness (QED) is 0.860. The Balaban J connectivity index is 1.23. The predicted octanol–water partition coefficient (Wildman–Crippen LogP) is 2.63. The molecule has 2 aromatic carbocycles. The van der Waals surface area contributed by atoms with Crippen molar-refractivity contribution < 1.29 is 23.5 Å². The number of piperidine rings is 1. The molecule has 1 atom stereocenters. The molecule has 2 amide bonds. The summed E-state index contributed by atoms with van der Waals surface area (Å²) < 4.78 is 24.5. The van der Waals surface area contributed by atoms with Gasteiger partial charge in [-0.2, -0.15) is 0 Å². The van der Waals surface area contributed by atoms with Crippen molar-refractivity contribution in [2.45, 2.75) is 18.9 Å². The van der Waals surface area contributed by atoms with Gasteiger partial charge in [0.25, 0.3) is 5.91 Å². The van der Waals surface area contributed by atoms with Gasteiger partial charge in [0.05, 0.1) is 6.54 Å². The molecule has 1 unspecified atom stereocenters. The fourth-order valence-electron chi connectivity index (χ4n) is 3.64. The van der Waals surface area contributed by atoms with Crippen molar-refractivity contribution in [2.24, 2.45) is 5.92 Å². The summed E-state index contributed by atoms with van der Waals surface area (Å²) in [6.45, 7) is 1.78. The first-order chi connectivity index (χ1) is 14.1. The van der Waals surface area contributed by atoms with Crippen LogP contribution < -0.4 is 14.8 Å². The average molecular weight is 398 g/mol. The zero-order valence-electron chi connectivity index (χ0n) is 16.0. The fraction of sp³-hybridized carbons (Fsp3) is 0.364. The number of halogens is 1. The maximum atomic E-state index is 13.0. The SMILES string of the molecule is O=C(NCC1COc2ccccc2O1)C1CCN(C(=O)c2ccc(F)cc2)CC1. The van der Waals surface area contributed by atoms with E-state index >= 15 is 0 Å². The number of para-hydroxylation sites is 2. The Bertz CT molecular complexity index is 879. The number of ether oxygens (including phenoxy) is 2. The van der Waals surface area contributed by atoms with Crippen molar-refractivity contribution in [2.75, 3.05) is 26.2 Å². The van der Waals surface area contributed by atoms with E-state index in [4.69, 9.17) is 9.47 Å². The first kappa shape index (κ1) is 19.2. The van der Waals surface area contributed by atoms with E-state index < -0.39 is 0 Å². The van der Waals surface area contributed by atoms with E-state index in [9.17, 15) is 14.0 Å². The molecule has 2 aliphatic heterocycles. The van der Waals surface area contributed by atoms with E-state index in [1.54, 1.807) is 4.90 Å². The van der Waals surface area contributed by atoms with Gasteiger partial charge in [-0.25, -0.2) is 4.39 Å². The molecule has 7 heteroatoms. The Morgan fingerprint density at radius 2 is 1.72 bits per heavy atom. The van der Waals surface area contributed by atoms with Crippen molar-refractivity contribution >= 4 is 11.8 Å². The number of nitrogens with zero attached hydrogens (tertiary/aromatic N) is 1. The van der Waals surface area contributed by atoms with Crippen LogP contribution in [-0.4, -0.2) is 49.1 Å². The predicted molar refractivity (Wildman–Crippen MR) is 104 cm³/mol. The third kappa shape index (κ3) is 4.50. The van der Waals surface area contributed by atoms with Gasteiger partial charge >= 0.3 is 0 Å². The number of hydrogen-bond acceptors (Lipinski definition) is 4. The molecular formula is C22H23FN2O4. The third-order valence-corrected chi connectivity index (χ3v) is 5.32. The minimum absolute atomic E-state index is 0.0265. The van der Waals surface area contributed by atoms with Crippen LogP contribution in [0.25, 0.3) is 0 Å². The van der Waals surface area contributed by atoms with Crippen LogP contribution in [0.4, 0.5) is 4.39 Å². The number of benzene rings is 2. The Kier molecular flexibility index (Phi) is 5.64. The lowest BCUT2D eigenvalue weighted by Gasteiger charge is -2.32. The molecule has 152 valence electrons. The first-order valence-electron chi connectivity index (χ1n) is 9.81. The van der Waals surface area contributed by atoms with Gasteiger partial charge in [0, 0.05) is 24.6 Å². The maximum Gasteiger partial charge on any atom is 0.253 e. The van der Waals surface area contributed by atoms with Crippen molar-refractivity contribution in [3.63, 3.8) is 0 Å². The second-order valence-corrected chi connectivity index (χ2v) is 7.32. The molecule has 0 radical (unpaired) electrons. The smallest absolute Gasteiger partial charge is 0.253 e. The van der Waals surface area contributed by atoms with Gasteiger partial charge in [-0.3, -0.25) is 9.59 Å². The molecule has 2 aliphatic rings. The van der Waals surface area contributed by atoms with Crippen LogP contribution in [0.5, 0.6) is 11.5 Å². The Hall–Kier alpha value is -3.09. The number of likely N-dealkylation sites (tertiary alicyclic amines) is 1. The minimum atomic E-state index is -0.368. The summed E-state index contributed by atoms with van der Waals surface area (Å²) in [5.41, 5.74) is 0.462. The summed E-state index contributed by atoms with van der Waals surface area (Å²) in [6, 6.07) is 13.0. The van der Waals surface area contributed by atoms with Gasteiger partial charge in [0.2, 0.25) is 5.91 Å². The maximum absolute atomic E-state index is 13.0. The zero-order chi connectivity index (χ0) is 20.2. The second-order valence-electron chi connectivity index (χ2n) is 7.32. The molecule has 0 spiro atoms. The van der Waals surface area contributed by atoms with E-state index in [1.807, 2.05) is 24.3 Å². The highest BCUT2D eigenvalue weighted by atomic mass is 19.1. The summed E-state index contributed by atoms with van der Waals surface area (Å²) >= 11 is 0. The molecule has 2 aromatic rings. The molecule has 0 bridgehead atoms. The Morgan fingerprint density at radius 3 is 2.45 bits per heavy atom. The minimum Gasteiger partial charge on any atom is -0.486 e. The summed E-state index contributed by atoms with van der Waals surface area (Å²) in [7, 11) is 0. The van der Waals surface area contributed by atoms with Gasteiger partial charge in [-0.05, 0) is 49.2 Å². The highest BCUT2D eigenvalue weighted by Crippen LogP contribution is 2.30. The van der Waals surface area contributed by atoms with E-state index in [-0.39, 0.29) is 29.7 Å². The first-order valence-corrected chi connectivity index (χ1v) is 9.81. The van der Waals surface area contributed by atoms with E-state index in [2.05, 4.69) is 5.32 Å². The molecule has 4 rings (SSSR count). The van der Waals surface area contributed by atoms with Gasteiger partial charge in [0.15, 0.2) is 11.5 Å². The molecule has 1 fully saturated rings. The van der Waals surface area contributed by atoms with Crippen molar-refractivity contribution in [3.8, 4) is 11.5 Å². The normalized spacial score (nSPS) is 18.9. The van der Waals surface area contributed by atoms with Crippen LogP contribution in [0.2, 0.25) is 0 Å². The summed E-state index contributed by atoms with van der Waals surface area (Å²) in [4.78, 5) is 26.7. The number of hydrogen-bond donors (Lipinski definition) is 1. The lowest BCUT2D eigenvalue weighted by Crippen LogP contribution is -2.46. The molecule has 1 N–H and O–H groups in total. The number of carbonyl (C=O) groups excluding carboxylic acids is 2. The van der Waals surface area contributed by atoms with Crippen LogP contribution in [0, 0.1) is 11.7 Å². The van der Waals surface area contributed by atoms with Gasteiger partial charge in [-0.1, -0.05) is 12.1 Å². The largest absolute Gasteiger partial charge is 0.486 e. The summed E-state index contributed by atoms with van der Waals surface area (Å²) in [5.74, 6) is 0.743.